The van der Waals surface area contributed by atoms with Crippen molar-refractivity contribution in [1.29, 1.82) is 0 Å². The van der Waals surface area contributed by atoms with E-state index in [-0.39, 0.29) is 4.75 Å². The maximum atomic E-state index is 5.37. The van der Waals surface area contributed by atoms with E-state index in [1.807, 2.05) is 11.8 Å². The third-order valence-electron chi connectivity index (χ3n) is 8.93. The first-order valence-electron chi connectivity index (χ1n) is 14.7. The van der Waals surface area contributed by atoms with Gasteiger partial charge in [-0.05, 0) is 71.5 Å². The van der Waals surface area contributed by atoms with Crippen molar-refractivity contribution in [3.05, 3.63) is 144 Å². The molecule has 1 aliphatic carbocycles. The normalized spacial score (nSPS) is 17.0. The Morgan fingerprint density at radius 3 is 2.30 bits per heavy atom. The molecule has 0 N–H and O–H groups in total. The van der Waals surface area contributed by atoms with Gasteiger partial charge in [0.05, 0.1) is 22.4 Å². The van der Waals surface area contributed by atoms with Gasteiger partial charge >= 0.3 is 0 Å². The van der Waals surface area contributed by atoms with Gasteiger partial charge in [-0.2, -0.15) is 0 Å². The van der Waals surface area contributed by atoms with Gasteiger partial charge in [0, 0.05) is 26.0 Å². The van der Waals surface area contributed by atoms with Crippen LogP contribution in [-0.2, 0) is 6.42 Å². The average molecular weight is 570 g/mol. The molecule has 1 atom stereocenters. The molecule has 3 nitrogen and oxygen atoms in total. The first-order chi connectivity index (χ1) is 21.2. The molecule has 1 aliphatic heterocycles. The van der Waals surface area contributed by atoms with E-state index in [4.69, 9.17) is 9.97 Å². The molecule has 0 bridgehead atoms. The van der Waals surface area contributed by atoms with Crippen molar-refractivity contribution in [2.24, 2.45) is 0 Å². The van der Waals surface area contributed by atoms with Gasteiger partial charge in [0.1, 0.15) is 0 Å². The second-order valence-corrected chi connectivity index (χ2v) is 13.2. The van der Waals surface area contributed by atoms with E-state index in [0.717, 1.165) is 34.1 Å². The molecule has 0 amide bonds. The molecule has 0 radical (unpaired) electrons. The molecule has 0 fully saturated rings. The maximum absolute atomic E-state index is 5.37. The van der Waals surface area contributed by atoms with Crippen molar-refractivity contribution >= 4 is 45.2 Å². The van der Waals surface area contributed by atoms with Crippen molar-refractivity contribution in [3.8, 4) is 28.3 Å². The fourth-order valence-corrected chi connectivity index (χ4v) is 8.35. The van der Waals surface area contributed by atoms with Crippen LogP contribution in [0.3, 0.4) is 0 Å². The highest BCUT2D eigenvalue weighted by molar-refractivity contribution is 8.01. The van der Waals surface area contributed by atoms with Crippen LogP contribution in [0.4, 0.5) is 0 Å². The van der Waals surface area contributed by atoms with Crippen LogP contribution in [-0.4, -0.2) is 19.3 Å². The lowest BCUT2D eigenvalue weighted by atomic mass is 9.82. The zero-order valence-corrected chi connectivity index (χ0v) is 24.5. The predicted molar refractivity (Wildman–Crippen MR) is 180 cm³/mol. The van der Waals surface area contributed by atoms with Gasteiger partial charge in [0.25, 0.3) is 0 Å². The minimum atomic E-state index is -0.00107. The van der Waals surface area contributed by atoms with Gasteiger partial charge in [0.2, 0.25) is 5.95 Å². The van der Waals surface area contributed by atoms with Gasteiger partial charge in [0.15, 0.2) is 0 Å². The lowest BCUT2D eigenvalue weighted by molar-refractivity contribution is 0.800. The molecule has 7 aromatic rings. The van der Waals surface area contributed by atoms with Crippen molar-refractivity contribution < 1.29 is 0 Å². The molecule has 0 saturated heterocycles. The number of hydrogen-bond donors (Lipinski definition) is 0. The van der Waals surface area contributed by atoms with Gasteiger partial charge in [-0.3, -0.25) is 4.57 Å². The van der Waals surface area contributed by atoms with E-state index in [0.29, 0.717) is 5.95 Å². The molecular weight excluding hydrogens is 543 g/mol. The Labute approximate surface area is 254 Å². The Kier molecular flexibility index (Phi) is 5.32. The number of para-hydroxylation sites is 2. The van der Waals surface area contributed by atoms with E-state index in [9.17, 15) is 0 Å². The summed E-state index contributed by atoms with van der Waals surface area (Å²) in [5, 5.41) is 2.32. The Morgan fingerprint density at radius 2 is 1.40 bits per heavy atom. The molecule has 1 unspecified atom stereocenters. The summed E-state index contributed by atoms with van der Waals surface area (Å²) in [4.78, 5) is 11.9. The molecule has 0 spiro atoms. The molecule has 0 saturated carbocycles. The van der Waals surface area contributed by atoms with E-state index in [1.165, 1.54) is 43.8 Å². The summed E-state index contributed by atoms with van der Waals surface area (Å²) in [6, 6.07) is 45.1. The standard InChI is InChI=1S/C39H27N3S/c1-39-24-31-28-16-6-9-20-34(28)42(35(31)23-32(39)29-17-7-10-21-36(29)43-39)38-40-33-19-8-5-18-30(33)37(41-38)27-15-11-14-26(22-27)25-12-3-2-4-13-25/h2-23H,24H2,1H3. The maximum Gasteiger partial charge on any atom is 0.235 e. The minimum Gasteiger partial charge on any atom is -0.278 e. The number of hydrogen-bond acceptors (Lipinski definition) is 3. The van der Waals surface area contributed by atoms with Crippen LogP contribution in [0.2, 0.25) is 0 Å². The minimum absolute atomic E-state index is 0.00107. The number of thioether (sulfide) groups is 1. The lowest BCUT2D eigenvalue weighted by Gasteiger charge is -2.29. The molecule has 5 aromatic carbocycles. The van der Waals surface area contributed by atoms with Crippen molar-refractivity contribution in [3.63, 3.8) is 0 Å². The third kappa shape index (κ3) is 3.76. The highest BCUT2D eigenvalue weighted by atomic mass is 32.2. The average Bonchev–Trinajstić information content (AvgIpc) is 3.53. The number of nitrogens with zero attached hydrogens (tertiary/aromatic N) is 3. The first kappa shape index (κ1) is 24.6. The van der Waals surface area contributed by atoms with Crippen LogP contribution in [0.1, 0.15) is 23.7 Å². The molecule has 43 heavy (non-hydrogen) atoms. The van der Waals surface area contributed by atoms with Gasteiger partial charge in [-0.15, -0.1) is 11.8 Å². The molecule has 9 rings (SSSR count). The zero-order chi connectivity index (χ0) is 28.5. The smallest absolute Gasteiger partial charge is 0.235 e. The van der Waals surface area contributed by atoms with Crippen LogP contribution in [0, 0.1) is 0 Å². The van der Waals surface area contributed by atoms with Crippen LogP contribution < -0.4 is 0 Å². The van der Waals surface area contributed by atoms with E-state index >= 15 is 0 Å². The largest absolute Gasteiger partial charge is 0.278 e. The fourth-order valence-electron chi connectivity index (χ4n) is 6.94. The second kappa shape index (κ2) is 9.29. The Bertz CT molecular complexity index is 2260. The number of benzene rings is 5. The topological polar surface area (TPSA) is 30.7 Å². The highest BCUT2D eigenvalue weighted by Gasteiger charge is 2.43. The molecule has 4 heteroatoms. The molecular formula is C39H27N3S. The monoisotopic (exact) mass is 569 g/mol. The highest BCUT2D eigenvalue weighted by Crippen LogP contribution is 2.57. The number of rotatable bonds is 3. The van der Waals surface area contributed by atoms with Gasteiger partial charge < -0.3 is 0 Å². The molecule has 2 aliphatic rings. The van der Waals surface area contributed by atoms with E-state index in [1.54, 1.807) is 0 Å². The van der Waals surface area contributed by atoms with E-state index < -0.39 is 0 Å². The summed E-state index contributed by atoms with van der Waals surface area (Å²) in [7, 11) is 0. The van der Waals surface area contributed by atoms with Crippen molar-refractivity contribution in [2.75, 3.05) is 0 Å². The second-order valence-electron chi connectivity index (χ2n) is 11.6. The lowest BCUT2D eigenvalue weighted by Crippen LogP contribution is -2.25. The summed E-state index contributed by atoms with van der Waals surface area (Å²) in [6.45, 7) is 2.39. The summed E-state index contributed by atoms with van der Waals surface area (Å²) >= 11 is 1.99. The molecule has 204 valence electrons. The Morgan fingerprint density at radius 1 is 0.674 bits per heavy atom. The summed E-state index contributed by atoms with van der Waals surface area (Å²) in [5.74, 6) is 0.704. The number of aromatic nitrogens is 3. The SMILES string of the molecule is CC12Cc3c(n(-c4nc(-c5cccc(-c6ccccc6)c5)c5ccccc5n4)c4ccccc34)C=C1c1ccccc1S2. The van der Waals surface area contributed by atoms with Crippen LogP contribution in [0.25, 0.3) is 61.8 Å². The van der Waals surface area contributed by atoms with Crippen molar-refractivity contribution in [2.45, 2.75) is 23.0 Å². The Balaban J connectivity index is 1.30. The Hall–Kier alpha value is -4.93. The summed E-state index contributed by atoms with van der Waals surface area (Å²) in [5.41, 5.74) is 11.8. The fraction of sp³-hybridized carbons (Fsp3) is 0.0769. The molecule has 2 aromatic heterocycles. The van der Waals surface area contributed by atoms with Crippen molar-refractivity contribution in [1.82, 2.24) is 14.5 Å². The first-order valence-corrected chi connectivity index (χ1v) is 15.5. The van der Waals surface area contributed by atoms with E-state index in [2.05, 4.69) is 145 Å². The molecule has 3 heterocycles. The third-order valence-corrected chi connectivity index (χ3v) is 10.3. The van der Waals surface area contributed by atoms with Crippen LogP contribution in [0.5, 0.6) is 0 Å². The van der Waals surface area contributed by atoms with Crippen LogP contribution in [0.15, 0.2) is 132 Å². The van der Waals surface area contributed by atoms with Crippen LogP contribution >= 0.6 is 11.8 Å². The number of fused-ring (bicyclic) bond motifs is 7. The predicted octanol–water partition coefficient (Wildman–Crippen LogP) is 9.87. The zero-order valence-electron chi connectivity index (χ0n) is 23.7. The van der Waals surface area contributed by atoms with Gasteiger partial charge in [-0.25, -0.2) is 9.97 Å². The summed E-state index contributed by atoms with van der Waals surface area (Å²) < 4.78 is 2.29. The quantitative estimate of drug-likeness (QED) is 0.212. The van der Waals surface area contributed by atoms with Gasteiger partial charge in [-0.1, -0.05) is 103 Å². The summed E-state index contributed by atoms with van der Waals surface area (Å²) in [6.07, 6.45) is 3.37.